The van der Waals surface area contributed by atoms with Crippen LogP contribution in [0.15, 0.2) is 0 Å². The van der Waals surface area contributed by atoms with Crippen molar-refractivity contribution in [1.82, 2.24) is 0 Å². The molecule has 28 heavy (non-hydrogen) atoms. The quantitative estimate of drug-likeness (QED) is 0.532. The summed E-state index contributed by atoms with van der Waals surface area (Å²) in [5, 5.41) is 9.67. The topological polar surface area (TPSA) is 63.6 Å². The van der Waals surface area contributed by atoms with Crippen LogP contribution in [0, 0.1) is 35.0 Å². The third kappa shape index (κ3) is 6.49. The third-order valence-corrected chi connectivity index (χ3v) is 7.00. The zero-order chi connectivity index (χ0) is 20.9. The van der Waals surface area contributed by atoms with E-state index >= 15 is 0 Å². The fraction of sp³-hybridized carbons (Fsp3) is 0.917. The molecule has 4 nitrogen and oxygen atoms in total. The Bertz CT molecular complexity index is 513. The van der Waals surface area contributed by atoms with Crippen molar-refractivity contribution < 1.29 is 19.4 Å². The smallest absolute Gasteiger partial charge is 0.310 e. The molecule has 2 aliphatic carbocycles. The van der Waals surface area contributed by atoms with Crippen molar-refractivity contribution >= 4 is 11.9 Å². The lowest BCUT2D eigenvalue weighted by Crippen LogP contribution is -2.41. The predicted octanol–water partition coefficient (Wildman–Crippen LogP) is 6.08. The number of ether oxygens (including phenoxy) is 1. The Morgan fingerprint density at radius 1 is 1.07 bits per heavy atom. The fourth-order valence-electron chi connectivity index (χ4n) is 5.50. The molecule has 0 amide bonds. The van der Waals surface area contributed by atoms with E-state index in [4.69, 9.17) is 4.74 Å². The molecule has 0 aliphatic heterocycles. The van der Waals surface area contributed by atoms with E-state index in [9.17, 15) is 14.7 Å². The summed E-state index contributed by atoms with van der Waals surface area (Å²) in [6.45, 7) is 10.8. The molecule has 0 spiro atoms. The maximum absolute atomic E-state index is 13.1. The normalized spacial score (nSPS) is 32.5. The van der Waals surface area contributed by atoms with Gasteiger partial charge in [-0.3, -0.25) is 9.59 Å². The molecule has 0 aromatic heterocycles. The van der Waals surface area contributed by atoms with Gasteiger partial charge in [-0.2, -0.15) is 0 Å². The van der Waals surface area contributed by atoms with Crippen LogP contribution >= 0.6 is 0 Å². The number of hydrogen-bond acceptors (Lipinski definition) is 3. The number of carbonyl (C=O) groups is 2. The summed E-state index contributed by atoms with van der Waals surface area (Å²) in [7, 11) is 0. The molecule has 0 aromatic carbocycles. The lowest BCUT2D eigenvalue weighted by molar-refractivity contribution is -0.169. The van der Waals surface area contributed by atoms with E-state index in [-0.39, 0.29) is 23.4 Å². The summed E-state index contributed by atoms with van der Waals surface area (Å²) < 4.78 is 6.13. The first kappa shape index (κ1) is 23.2. The fourth-order valence-corrected chi connectivity index (χ4v) is 5.50. The van der Waals surface area contributed by atoms with Crippen molar-refractivity contribution in [2.75, 3.05) is 0 Å². The minimum atomic E-state index is -0.846. The number of aliphatic carboxylic acids is 1. The minimum Gasteiger partial charge on any atom is -0.481 e. The van der Waals surface area contributed by atoms with Gasteiger partial charge >= 0.3 is 11.9 Å². The van der Waals surface area contributed by atoms with Gasteiger partial charge in [0.2, 0.25) is 0 Å². The first-order valence-corrected chi connectivity index (χ1v) is 11.6. The van der Waals surface area contributed by atoms with E-state index in [2.05, 4.69) is 27.7 Å². The highest BCUT2D eigenvalue weighted by atomic mass is 16.5. The highest BCUT2D eigenvalue weighted by molar-refractivity contribution is 5.81. The van der Waals surface area contributed by atoms with E-state index in [0.717, 1.165) is 38.0 Å². The van der Waals surface area contributed by atoms with Gasteiger partial charge < -0.3 is 9.84 Å². The highest BCUT2D eigenvalue weighted by Crippen LogP contribution is 2.40. The molecule has 2 rings (SSSR count). The summed E-state index contributed by atoms with van der Waals surface area (Å²) >= 11 is 0. The molecule has 4 heteroatoms. The zero-order valence-electron chi connectivity index (χ0n) is 18.7. The summed E-state index contributed by atoms with van der Waals surface area (Å²) in [5.41, 5.74) is 0.0806. The molecule has 0 aromatic rings. The van der Waals surface area contributed by atoms with Crippen molar-refractivity contribution in [2.45, 2.75) is 105 Å². The maximum Gasteiger partial charge on any atom is 0.310 e. The monoisotopic (exact) mass is 394 g/mol. The van der Waals surface area contributed by atoms with Crippen LogP contribution in [0.2, 0.25) is 0 Å². The minimum absolute atomic E-state index is 0.0364. The van der Waals surface area contributed by atoms with Crippen LogP contribution in [0.5, 0.6) is 0 Å². The molecule has 0 radical (unpaired) electrons. The first-order valence-electron chi connectivity index (χ1n) is 11.6. The van der Waals surface area contributed by atoms with Crippen LogP contribution in [0.25, 0.3) is 0 Å². The highest BCUT2D eigenvalue weighted by Gasteiger charge is 2.43. The second-order valence-electron chi connectivity index (χ2n) is 10.7. The molecule has 2 saturated carbocycles. The van der Waals surface area contributed by atoms with Gasteiger partial charge in [0.25, 0.3) is 0 Å². The summed E-state index contributed by atoms with van der Waals surface area (Å²) in [5.74, 6) is -0.916. The van der Waals surface area contributed by atoms with Gasteiger partial charge in [-0.1, -0.05) is 66.7 Å². The van der Waals surface area contributed by atoms with E-state index in [1.165, 1.54) is 25.7 Å². The molecular weight excluding hydrogens is 352 g/mol. The second kappa shape index (κ2) is 10.1. The Morgan fingerprint density at radius 3 is 2.25 bits per heavy atom. The Labute approximate surface area is 171 Å². The SMILES string of the molecule is CCCC1CCC(C(CC(C)(C)C)OC(=O)C2CCCC(C)C2C(=O)O)CC1. The standard InChI is InChI=1S/C24H42O4/c1-6-8-17-11-13-18(14-12-17)20(15-24(3,4)5)28-23(27)19-10-7-9-16(2)21(19)22(25)26/h16-21H,6-15H2,1-5H3,(H,25,26). The molecule has 0 heterocycles. The number of carboxylic acid groups (broad SMARTS) is 1. The first-order chi connectivity index (χ1) is 13.1. The maximum atomic E-state index is 13.1. The predicted molar refractivity (Wildman–Crippen MR) is 112 cm³/mol. The van der Waals surface area contributed by atoms with Crippen molar-refractivity contribution in [3.8, 4) is 0 Å². The molecule has 0 saturated heterocycles. The molecule has 2 fully saturated rings. The number of esters is 1. The molecular formula is C24H42O4. The van der Waals surface area contributed by atoms with E-state index < -0.39 is 17.8 Å². The van der Waals surface area contributed by atoms with Crippen molar-refractivity contribution in [3.05, 3.63) is 0 Å². The second-order valence-corrected chi connectivity index (χ2v) is 10.7. The largest absolute Gasteiger partial charge is 0.481 e. The summed E-state index contributed by atoms with van der Waals surface area (Å²) in [6.07, 6.45) is 10.5. The Hall–Kier alpha value is -1.06. The van der Waals surface area contributed by atoms with Crippen LogP contribution in [-0.4, -0.2) is 23.1 Å². The van der Waals surface area contributed by atoms with E-state index in [1.807, 2.05) is 6.92 Å². The summed E-state index contributed by atoms with van der Waals surface area (Å²) in [4.78, 5) is 24.9. The molecule has 162 valence electrons. The Kier molecular flexibility index (Phi) is 8.39. The van der Waals surface area contributed by atoms with Gasteiger partial charge in [0, 0.05) is 0 Å². The lowest BCUT2D eigenvalue weighted by Gasteiger charge is -2.38. The van der Waals surface area contributed by atoms with Gasteiger partial charge in [-0.05, 0) is 55.3 Å². The number of rotatable bonds is 7. The average Bonchev–Trinajstić information content (AvgIpc) is 2.60. The summed E-state index contributed by atoms with van der Waals surface area (Å²) in [6, 6.07) is 0. The van der Waals surface area contributed by atoms with Gasteiger partial charge in [-0.15, -0.1) is 0 Å². The molecule has 0 bridgehead atoms. The number of carboxylic acids is 1. The molecule has 1 N–H and O–H groups in total. The van der Waals surface area contributed by atoms with Crippen molar-refractivity contribution in [1.29, 1.82) is 0 Å². The third-order valence-electron chi connectivity index (χ3n) is 7.00. The van der Waals surface area contributed by atoms with Gasteiger partial charge in [-0.25, -0.2) is 0 Å². The van der Waals surface area contributed by atoms with Gasteiger partial charge in [0.05, 0.1) is 11.8 Å². The van der Waals surface area contributed by atoms with Gasteiger partial charge in [0.15, 0.2) is 0 Å². The van der Waals surface area contributed by atoms with E-state index in [0.29, 0.717) is 12.3 Å². The van der Waals surface area contributed by atoms with E-state index in [1.54, 1.807) is 0 Å². The number of carbonyl (C=O) groups excluding carboxylic acids is 1. The van der Waals surface area contributed by atoms with Crippen LogP contribution in [-0.2, 0) is 14.3 Å². The zero-order valence-corrected chi connectivity index (χ0v) is 18.7. The molecule has 4 unspecified atom stereocenters. The van der Waals surface area contributed by atoms with Crippen LogP contribution in [0.3, 0.4) is 0 Å². The van der Waals surface area contributed by atoms with Crippen LogP contribution in [0.1, 0.15) is 98.8 Å². The van der Waals surface area contributed by atoms with Crippen LogP contribution < -0.4 is 0 Å². The Balaban J connectivity index is 2.07. The lowest BCUT2D eigenvalue weighted by atomic mass is 9.72. The molecule has 4 atom stereocenters. The van der Waals surface area contributed by atoms with Crippen LogP contribution in [0.4, 0.5) is 0 Å². The van der Waals surface area contributed by atoms with Gasteiger partial charge in [0.1, 0.15) is 6.10 Å². The number of hydrogen-bond donors (Lipinski definition) is 1. The van der Waals surface area contributed by atoms with Crippen molar-refractivity contribution in [3.63, 3.8) is 0 Å². The van der Waals surface area contributed by atoms with Crippen molar-refractivity contribution in [2.24, 2.45) is 35.0 Å². The Morgan fingerprint density at radius 2 is 1.71 bits per heavy atom. The average molecular weight is 395 g/mol. The molecule has 2 aliphatic rings.